The van der Waals surface area contributed by atoms with Crippen molar-refractivity contribution in [2.45, 2.75) is 45.6 Å². The minimum Gasteiger partial charge on any atom is -0.481 e. The number of hydrogen-bond donors (Lipinski definition) is 1. The second-order valence-electron chi connectivity index (χ2n) is 8.00. The number of aliphatic carboxylic acids is 1. The Morgan fingerprint density at radius 3 is 2.81 bits per heavy atom. The fourth-order valence-corrected chi connectivity index (χ4v) is 4.11. The van der Waals surface area contributed by atoms with Gasteiger partial charge in [-0.3, -0.25) is 4.79 Å². The molecule has 1 aromatic rings. The van der Waals surface area contributed by atoms with E-state index < -0.39 is 11.4 Å². The van der Waals surface area contributed by atoms with Crippen LogP contribution in [0.4, 0.5) is 4.39 Å². The van der Waals surface area contributed by atoms with E-state index in [4.69, 9.17) is 4.84 Å². The van der Waals surface area contributed by atoms with Crippen LogP contribution in [0.2, 0.25) is 0 Å². The van der Waals surface area contributed by atoms with E-state index in [-0.39, 0.29) is 11.9 Å². The van der Waals surface area contributed by atoms with Gasteiger partial charge in [0.25, 0.3) is 0 Å². The first-order valence-corrected chi connectivity index (χ1v) is 9.32. The lowest BCUT2D eigenvalue weighted by Gasteiger charge is -2.41. The Bertz CT molecular complexity index is 674. The summed E-state index contributed by atoms with van der Waals surface area (Å²) in [4.78, 5) is 19.9. The van der Waals surface area contributed by atoms with Gasteiger partial charge in [0, 0.05) is 25.9 Å². The number of nitrogens with zero attached hydrogens (tertiary/aromatic N) is 2. The van der Waals surface area contributed by atoms with Crippen LogP contribution in [0.5, 0.6) is 0 Å². The van der Waals surface area contributed by atoms with Gasteiger partial charge in [0.1, 0.15) is 11.9 Å². The van der Waals surface area contributed by atoms with E-state index in [0.29, 0.717) is 31.7 Å². The van der Waals surface area contributed by atoms with Crippen LogP contribution in [-0.2, 0) is 9.63 Å². The number of likely N-dealkylation sites (tertiary alicyclic amines) is 1. The molecule has 2 aliphatic heterocycles. The van der Waals surface area contributed by atoms with E-state index in [0.717, 1.165) is 30.8 Å². The normalized spacial score (nSPS) is 26.6. The summed E-state index contributed by atoms with van der Waals surface area (Å²) in [6, 6.07) is 6.15. The van der Waals surface area contributed by atoms with Gasteiger partial charge < -0.3 is 14.8 Å². The average molecular weight is 362 g/mol. The average Bonchev–Trinajstić information content (AvgIpc) is 3.03. The van der Waals surface area contributed by atoms with Crippen molar-refractivity contribution in [2.75, 3.05) is 19.6 Å². The number of benzene rings is 1. The van der Waals surface area contributed by atoms with E-state index in [2.05, 4.69) is 23.9 Å². The minimum absolute atomic E-state index is 0.245. The summed E-state index contributed by atoms with van der Waals surface area (Å²) in [5.74, 6) is -0.525. The smallest absolute Gasteiger partial charge is 0.311 e. The second-order valence-corrected chi connectivity index (χ2v) is 8.00. The number of carbonyl (C=O) groups is 1. The van der Waals surface area contributed by atoms with Crippen LogP contribution in [0.3, 0.4) is 0 Å². The molecule has 1 fully saturated rings. The molecule has 0 amide bonds. The minimum atomic E-state index is -0.786. The fourth-order valence-electron chi connectivity index (χ4n) is 4.11. The first-order chi connectivity index (χ1) is 12.4. The maximum Gasteiger partial charge on any atom is 0.311 e. The lowest BCUT2D eigenvalue weighted by Crippen LogP contribution is -2.50. The summed E-state index contributed by atoms with van der Waals surface area (Å²) >= 11 is 0. The predicted octanol–water partition coefficient (Wildman–Crippen LogP) is 3.53. The first kappa shape index (κ1) is 18.8. The van der Waals surface area contributed by atoms with Crippen LogP contribution >= 0.6 is 0 Å². The van der Waals surface area contributed by atoms with E-state index >= 15 is 0 Å². The molecule has 6 heteroatoms. The van der Waals surface area contributed by atoms with E-state index in [1.54, 1.807) is 12.1 Å². The Labute approximate surface area is 153 Å². The Balaban J connectivity index is 1.66. The third-order valence-corrected chi connectivity index (χ3v) is 5.26. The molecule has 142 valence electrons. The highest BCUT2D eigenvalue weighted by Gasteiger charge is 2.45. The van der Waals surface area contributed by atoms with Crippen molar-refractivity contribution < 1.29 is 19.1 Å². The van der Waals surface area contributed by atoms with Gasteiger partial charge in [0.15, 0.2) is 0 Å². The number of oxime groups is 1. The molecule has 1 aromatic carbocycles. The standard InChI is InChI=1S/C20H27FN2O3/c1-14(2)12-23-9-3-8-20(13-23,19(24)25)11-17-10-18(22-26-17)15-4-6-16(21)7-5-15/h4-7,14,17H,3,8-13H2,1-2H3,(H,24,25)/t17-,20+/m1/s1. The maximum atomic E-state index is 13.1. The van der Waals surface area contributed by atoms with Gasteiger partial charge in [-0.15, -0.1) is 0 Å². The van der Waals surface area contributed by atoms with Gasteiger partial charge in [-0.2, -0.15) is 0 Å². The molecule has 1 N–H and O–H groups in total. The first-order valence-electron chi connectivity index (χ1n) is 9.32. The third-order valence-electron chi connectivity index (χ3n) is 5.26. The molecule has 0 unspecified atom stereocenters. The van der Waals surface area contributed by atoms with Gasteiger partial charge in [0.05, 0.1) is 11.1 Å². The molecule has 0 radical (unpaired) electrons. The molecule has 2 atom stereocenters. The molecule has 0 bridgehead atoms. The molecule has 26 heavy (non-hydrogen) atoms. The molecular weight excluding hydrogens is 335 g/mol. The van der Waals surface area contributed by atoms with Crippen molar-refractivity contribution in [2.24, 2.45) is 16.5 Å². The predicted molar refractivity (Wildman–Crippen MR) is 97.6 cm³/mol. The molecule has 0 spiro atoms. The van der Waals surface area contributed by atoms with Crippen molar-refractivity contribution >= 4 is 11.7 Å². The summed E-state index contributed by atoms with van der Waals surface area (Å²) in [5, 5.41) is 14.1. The molecule has 2 heterocycles. The van der Waals surface area contributed by atoms with Crippen LogP contribution < -0.4 is 0 Å². The maximum absolute atomic E-state index is 13.1. The summed E-state index contributed by atoms with van der Waals surface area (Å²) in [7, 11) is 0. The summed E-state index contributed by atoms with van der Waals surface area (Å²) in [6.07, 6.45) is 2.32. The van der Waals surface area contributed by atoms with Crippen LogP contribution in [-0.4, -0.2) is 47.4 Å². The van der Waals surface area contributed by atoms with E-state index in [1.165, 1.54) is 12.1 Å². The lowest BCUT2D eigenvalue weighted by molar-refractivity contribution is -0.155. The number of carboxylic acids is 1. The van der Waals surface area contributed by atoms with Crippen LogP contribution in [0.15, 0.2) is 29.4 Å². The number of hydrogen-bond acceptors (Lipinski definition) is 4. The van der Waals surface area contributed by atoms with Crippen molar-refractivity contribution in [3.63, 3.8) is 0 Å². The van der Waals surface area contributed by atoms with Gasteiger partial charge in [0.2, 0.25) is 0 Å². The highest BCUT2D eigenvalue weighted by molar-refractivity contribution is 6.01. The Kier molecular flexibility index (Phi) is 5.61. The molecule has 3 rings (SSSR count). The zero-order chi connectivity index (χ0) is 18.7. The topological polar surface area (TPSA) is 62.1 Å². The lowest BCUT2D eigenvalue weighted by atomic mass is 9.74. The molecule has 1 saturated heterocycles. The molecule has 2 aliphatic rings. The van der Waals surface area contributed by atoms with Crippen LogP contribution in [0.25, 0.3) is 0 Å². The molecule has 0 aliphatic carbocycles. The second kappa shape index (κ2) is 7.74. The van der Waals surface area contributed by atoms with Crippen molar-refractivity contribution in [3.8, 4) is 0 Å². The van der Waals surface area contributed by atoms with Gasteiger partial charge in [-0.05, 0) is 43.0 Å². The molecule has 5 nitrogen and oxygen atoms in total. The van der Waals surface area contributed by atoms with Crippen molar-refractivity contribution in [3.05, 3.63) is 35.6 Å². The largest absolute Gasteiger partial charge is 0.481 e. The van der Waals surface area contributed by atoms with Crippen molar-refractivity contribution in [1.82, 2.24) is 4.90 Å². The monoisotopic (exact) mass is 362 g/mol. The third kappa shape index (κ3) is 4.23. The highest BCUT2D eigenvalue weighted by Crippen LogP contribution is 2.38. The van der Waals surface area contributed by atoms with Crippen LogP contribution in [0, 0.1) is 17.2 Å². The number of carboxylic acid groups (broad SMARTS) is 1. The quantitative estimate of drug-likeness (QED) is 0.841. The fraction of sp³-hybridized carbons (Fsp3) is 0.600. The SMILES string of the molecule is CC(C)CN1CCC[C@@](C[C@H]2CC(c3ccc(F)cc3)=NO2)(C(=O)O)C1. The summed E-state index contributed by atoms with van der Waals surface area (Å²) in [5.41, 5.74) is 0.791. The highest BCUT2D eigenvalue weighted by atomic mass is 19.1. The zero-order valence-corrected chi connectivity index (χ0v) is 15.4. The Hall–Kier alpha value is -1.95. The Morgan fingerprint density at radius 2 is 2.15 bits per heavy atom. The number of halogens is 1. The number of rotatable bonds is 6. The van der Waals surface area contributed by atoms with E-state index in [9.17, 15) is 14.3 Å². The number of piperidine rings is 1. The summed E-state index contributed by atoms with van der Waals surface area (Å²) < 4.78 is 13.1. The van der Waals surface area contributed by atoms with Crippen LogP contribution in [0.1, 0.15) is 45.1 Å². The van der Waals surface area contributed by atoms with Gasteiger partial charge in [-0.25, -0.2) is 4.39 Å². The van der Waals surface area contributed by atoms with Gasteiger partial charge in [-0.1, -0.05) is 31.1 Å². The van der Waals surface area contributed by atoms with Crippen molar-refractivity contribution in [1.29, 1.82) is 0 Å². The summed E-state index contributed by atoms with van der Waals surface area (Å²) in [6.45, 7) is 6.74. The Morgan fingerprint density at radius 1 is 1.42 bits per heavy atom. The van der Waals surface area contributed by atoms with Gasteiger partial charge >= 0.3 is 5.97 Å². The molecular formula is C20H27FN2O3. The van der Waals surface area contributed by atoms with E-state index in [1.807, 2.05) is 0 Å². The molecule has 0 saturated carbocycles. The molecule has 0 aromatic heterocycles. The zero-order valence-electron chi connectivity index (χ0n) is 15.4.